The molecule has 1 radical (unpaired) electrons. The number of aromatic hydroxyl groups is 1. The first-order valence-electron chi connectivity index (χ1n) is 13.7. The van der Waals surface area contributed by atoms with Crippen LogP contribution in [0.2, 0.25) is 0 Å². The molecule has 1 fully saturated rings. The zero-order chi connectivity index (χ0) is 28.8. The molecule has 0 aliphatic carbocycles. The topological polar surface area (TPSA) is 164 Å². The number of carbonyl (C=O) groups is 2. The normalized spacial score (nSPS) is 20.6. The van der Waals surface area contributed by atoms with E-state index in [9.17, 15) is 24.9 Å². The second-order valence-electron chi connectivity index (χ2n) is 10.5. The Morgan fingerprint density at radius 2 is 1.29 bits per heavy atom. The molecule has 0 atom stereocenters. The summed E-state index contributed by atoms with van der Waals surface area (Å²) in [7, 11) is 0. The van der Waals surface area contributed by atoms with Gasteiger partial charge in [-0.05, 0) is 12.1 Å². The number of aromatic nitrogens is 5. The summed E-state index contributed by atoms with van der Waals surface area (Å²) in [5, 5.41) is 38.0. The van der Waals surface area contributed by atoms with Crippen LogP contribution in [0.25, 0.3) is 11.4 Å². The monoisotopic (exact) mass is 740 g/mol. The van der Waals surface area contributed by atoms with Crippen LogP contribution in [0, 0.1) is 36.9 Å². The molecule has 3 aromatic rings. The summed E-state index contributed by atoms with van der Waals surface area (Å²) in [5.41, 5.74) is 3.49. The minimum absolute atomic E-state index is 0. The van der Waals surface area contributed by atoms with Crippen molar-refractivity contribution in [1.82, 2.24) is 44.6 Å². The Balaban J connectivity index is 0.00000405. The Morgan fingerprint density at radius 3 is 1.86 bits per heavy atom. The summed E-state index contributed by atoms with van der Waals surface area (Å²) in [5.74, 6) is -1.69. The smallest absolute Gasteiger partial charge is 0.317 e. The second-order valence-corrected chi connectivity index (χ2v) is 10.5. The second kappa shape index (κ2) is 15.1. The molecule has 1 saturated heterocycles. The van der Waals surface area contributed by atoms with E-state index < -0.39 is 11.9 Å². The van der Waals surface area contributed by atoms with E-state index in [4.69, 9.17) is 9.97 Å². The van der Waals surface area contributed by atoms with Crippen molar-refractivity contribution in [1.29, 1.82) is 0 Å². The molecular weight excluding hydrogens is 705 g/mol. The van der Waals surface area contributed by atoms with E-state index in [0.717, 1.165) is 5.69 Å². The first kappa shape index (κ1) is 32.2. The minimum Gasteiger partial charge on any atom is -0.508 e. The van der Waals surface area contributed by atoms with Crippen LogP contribution in [0.1, 0.15) is 17.1 Å². The van der Waals surface area contributed by atoms with Gasteiger partial charge in [0.05, 0.1) is 48.6 Å². The molecule has 0 unspecified atom stereocenters. The van der Waals surface area contributed by atoms with Gasteiger partial charge in [0.2, 0.25) is 0 Å². The number of aliphatic carboxylic acids is 2. The zero-order valence-corrected chi connectivity index (χ0v) is 24.8. The third-order valence-electron chi connectivity index (χ3n) is 7.33. The van der Waals surface area contributed by atoms with Gasteiger partial charge in [0.25, 0.3) is 0 Å². The van der Waals surface area contributed by atoms with Gasteiger partial charge < -0.3 is 15.3 Å². The number of carboxylic acids is 2. The van der Waals surface area contributed by atoms with Gasteiger partial charge in [-0.3, -0.25) is 34.2 Å². The molecule has 42 heavy (non-hydrogen) atoms. The van der Waals surface area contributed by atoms with Crippen molar-refractivity contribution in [3.8, 4) is 17.1 Å². The van der Waals surface area contributed by atoms with Crippen molar-refractivity contribution in [2.24, 2.45) is 0 Å². The Labute approximate surface area is 272 Å². The molecule has 15 heteroatoms. The molecule has 0 saturated carbocycles. The molecule has 3 aliphatic rings. The summed E-state index contributed by atoms with van der Waals surface area (Å²) in [6.07, 6.45) is 1.65. The standard InChI is InChI=1S/C27H35N9O5.Lu/c37-23-12-21-16-33-6-10-34(18-26(38)39)8-4-32(5-9-35(11-7-33)19-27(40)41)15-20-2-1-3-24(30-20)25-14-28-31-36(25)17-22(13-23)29-21;/h1-3,12-14H,4-11,15-19H2,(H,29,37)(H,38,39)(H,40,41);. The Hall–Kier alpha value is -2.75. The van der Waals surface area contributed by atoms with Crippen molar-refractivity contribution in [2.75, 3.05) is 65.4 Å². The van der Waals surface area contributed by atoms with Crippen LogP contribution >= 0.6 is 0 Å². The van der Waals surface area contributed by atoms with Crippen LogP contribution in [0.5, 0.6) is 5.75 Å². The van der Waals surface area contributed by atoms with Gasteiger partial charge >= 0.3 is 11.9 Å². The Morgan fingerprint density at radius 1 is 0.738 bits per heavy atom. The number of rotatable bonds is 4. The first-order valence-corrected chi connectivity index (χ1v) is 13.7. The number of nitrogens with zero attached hydrogens (tertiary/aromatic N) is 9. The van der Waals surface area contributed by atoms with E-state index in [0.29, 0.717) is 88.2 Å². The van der Waals surface area contributed by atoms with Crippen LogP contribution < -0.4 is 0 Å². The third-order valence-corrected chi connectivity index (χ3v) is 7.33. The molecule has 0 spiro atoms. The fourth-order valence-corrected chi connectivity index (χ4v) is 5.28. The predicted molar refractivity (Wildman–Crippen MR) is 147 cm³/mol. The molecule has 233 valence electrons. The number of fused-ring (bicyclic) bond motifs is 8. The summed E-state index contributed by atoms with van der Waals surface area (Å²) in [6.45, 7) is 5.44. The summed E-state index contributed by atoms with van der Waals surface area (Å²) in [4.78, 5) is 41.2. The van der Waals surface area contributed by atoms with Gasteiger partial charge in [-0.2, -0.15) is 0 Å². The van der Waals surface area contributed by atoms with E-state index in [1.54, 1.807) is 23.0 Å². The maximum Gasteiger partial charge on any atom is 0.317 e. The summed E-state index contributed by atoms with van der Waals surface area (Å²) >= 11 is 0. The van der Waals surface area contributed by atoms with Crippen molar-refractivity contribution in [2.45, 2.75) is 19.6 Å². The molecule has 6 bridgehead atoms. The third kappa shape index (κ3) is 9.12. The largest absolute Gasteiger partial charge is 0.508 e. The van der Waals surface area contributed by atoms with Crippen LogP contribution in [-0.2, 0) is 29.2 Å². The van der Waals surface area contributed by atoms with E-state index >= 15 is 0 Å². The number of carboxylic acid groups (broad SMARTS) is 2. The molecule has 3 N–H and O–H groups in total. The number of hydrogen-bond acceptors (Lipinski definition) is 11. The molecule has 3 aliphatic heterocycles. The maximum atomic E-state index is 11.7. The molecule has 6 rings (SSSR count). The summed E-state index contributed by atoms with van der Waals surface area (Å²) < 4.78 is 1.72. The molecule has 14 nitrogen and oxygen atoms in total. The van der Waals surface area contributed by atoms with Crippen molar-refractivity contribution in [3.05, 3.63) is 53.6 Å². The SMILES string of the molecule is O=C(O)CN1CCN2CCN(CC(=O)O)CCN(CC1)Cc1cccc(n1)-c1cnnn1Cc1cc(O)cc(n1)C2.[Lu]. The fourth-order valence-electron chi connectivity index (χ4n) is 5.28. The maximum absolute atomic E-state index is 11.7. The number of hydrogen-bond donors (Lipinski definition) is 3. The van der Waals surface area contributed by atoms with Gasteiger partial charge in [-0.1, -0.05) is 11.3 Å². The van der Waals surface area contributed by atoms with Gasteiger partial charge in [0.15, 0.2) is 0 Å². The van der Waals surface area contributed by atoms with Gasteiger partial charge in [0.1, 0.15) is 11.4 Å². The van der Waals surface area contributed by atoms with Gasteiger partial charge in [0, 0.05) is 114 Å². The van der Waals surface area contributed by atoms with Crippen molar-refractivity contribution < 1.29 is 61.8 Å². The van der Waals surface area contributed by atoms with Gasteiger partial charge in [-0.15, -0.1) is 5.10 Å². The van der Waals surface area contributed by atoms with E-state index in [-0.39, 0.29) is 62.3 Å². The quantitative estimate of drug-likeness (QED) is 0.325. The predicted octanol–water partition coefficient (Wildman–Crippen LogP) is -0.107. The molecule has 0 amide bonds. The van der Waals surface area contributed by atoms with E-state index in [2.05, 4.69) is 20.1 Å². The van der Waals surface area contributed by atoms with E-state index in [1.807, 2.05) is 28.0 Å². The van der Waals surface area contributed by atoms with Crippen LogP contribution in [0.4, 0.5) is 0 Å². The molecule has 3 aromatic heterocycles. The van der Waals surface area contributed by atoms with Crippen molar-refractivity contribution in [3.63, 3.8) is 0 Å². The molecule has 6 heterocycles. The van der Waals surface area contributed by atoms with Gasteiger partial charge in [-0.25, -0.2) is 9.67 Å². The average Bonchev–Trinajstić information content (AvgIpc) is 3.37. The summed E-state index contributed by atoms with van der Waals surface area (Å²) in [6, 6.07) is 8.98. The first-order chi connectivity index (χ1) is 19.8. The minimum atomic E-state index is -0.885. The van der Waals surface area contributed by atoms with Crippen LogP contribution in [-0.4, -0.2) is 137 Å². The Kier molecular flexibility index (Phi) is 11.6. The van der Waals surface area contributed by atoms with Crippen molar-refractivity contribution >= 4 is 11.9 Å². The Bertz CT molecular complexity index is 1340. The number of pyridine rings is 2. The molecule has 0 aromatic carbocycles. The van der Waals surface area contributed by atoms with Crippen LogP contribution in [0.3, 0.4) is 0 Å². The van der Waals surface area contributed by atoms with E-state index in [1.165, 1.54) is 0 Å². The molecular formula is C27H35LuN9O5. The fraction of sp³-hybridized carbons (Fsp3) is 0.481. The van der Waals surface area contributed by atoms with Crippen LogP contribution in [0.15, 0.2) is 36.5 Å². The average molecular weight is 741 g/mol. The zero-order valence-electron chi connectivity index (χ0n) is 23.1.